The number of hydrogen-bond donors (Lipinski definition) is 3. The Balaban J connectivity index is 1.86. The van der Waals surface area contributed by atoms with E-state index in [0.29, 0.717) is 11.3 Å². The van der Waals surface area contributed by atoms with Gasteiger partial charge >= 0.3 is 0 Å². The highest BCUT2D eigenvalue weighted by atomic mass is 19.1. The van der Waals surface area contributed by atoms with E-state index in [9.17, 15) is 9.50 Å². The van der Waals surface area contributed by atoms with E-state index in [-0.39, 0.29) is 12.4 Å². The van der Waals surface area contributed by atoms with Gasteiger partial charge in [0.05, 0.1) is 12.1 Å². The third-order valence-corrected chi connectivity index (χ3v) is 4.02. The molecule has 3 atom stereocenters. The molecule has 116 valence electrons. The number of rotatable bonds is 2. The van der Waals surface area contributed by atoms with E-state index in [2.05, 4.69) is 5.32 Å². The Hall–Kier alpha value is -1.95. The maximum Gasteiger partial charge on any atom is 0.136 e. The van der Waals surface area contributed by atoms with Crippen molar-refractivity contribution in [1.82, 2.24) is 5.32 Å². The maximum atomic E-state index is 14.1. The highest BCUT2D eigenvalue weighted by Crippen LogP contribution is 2.34. The second-order valence-corrected chi connectivity index (χ2v) is 5.80. The molecule has 1 fully saturated rings. The van der Waals surface area contributed by atoms with Gasteiger partial charge in [-0.2, -0.15) is 0 Å². The first-order chi connectivity index (χ1) is 10.5. The molecule has 1 aliphatic rings. The van der Waals surface area contributed by atoms with Crippen molar-refractivity contribution < 1.29 is 14.2 Å². The highest BCUT2D eigenvalue weighted by Gasteiger charge is 2.40. The van der Waals surface area contributed by atoms with Gasteiger partial charge in [-0.1, -0.05) is 30.3 Å². The lowest BCUT2D eigenvalue weighted by atomic mass is 9.89. The summed E-state index contributed by atoms with van der Waals surface area (Å²) < 4.78 is 19.9. The van der Waals surface area contributed by atoms with E-state index in [1.54, 1.807) is 13.0 Å². The highest BCUT2D eigenvalue weighted by molar-refractivity contribution is 5.44. The number of aliphatic hydroxyl groups excluding tert-OH is 1. The number of halogens is 1. The zero-order valence-corrected chi connectivity index (χ0v) is 12.3. The molecule has 0 radical (unpaired) electrons. The normalized spacial score (nSPS) is 28.5. The number of hydrogen-bond acceptors (Lipinski definition) is 4. The van der Waals surface area contributed by atoms with Crippen LogP contribution in [0.2, 0.25) is 0 Å². The van der Waals surface area contributed by atoms with Crippen molar-refractivity contribution in [3.05, 3.63) is 65.5 Å². The van der Waals surface area contributed by atoms with Gasteiger partial charge < -0.3 is 15.6 Å². The number of benzene rings is 2. The Labute approximate surface area is 128 Å². The summed E-state index contributed by atoms with van der Waals surface area (Å²) in [7, 11) is 0. The molecule has 4 N–H and O–H groups in total. The molecule has 4 nitrogen and oxygen atoms in total. The number of nitrogens with one attached hydrogen (secondary N) is 1. The van der Waals surface area contributed by atoms with Crippen molar-refractivity contribution in [3.63, 3.8) is 0 Å². The SMILES string of the molecule is CC1(c2cc(N)ccc2F)COC(c2ccccc2)C(O)N1. The van der Waals surface area contributed by atoms with E-state index in [1.807, 2.05) is 30.3 Å². The molecule has 1 saturated heterocycles. The number of nitrogen functional groups attached to an aromatic ring is 1. The molecular weight excluding hydrogens is 283 g/mol. The molecule has 2 aromatic rings. The van der Waals surface area contributed by atoms with Gasteiger partial charge in [0.15, 0.2) is 0 Å². The number of ether oxygens (including phenoxy) is 1. The van der Waals surface area contributed by atoms with Crippen molar-refractivity contribution in [2.45, 2.75) is 24.8 Å². The lowest BCUT2D eigenvalue weighted by molar-refractivity contribution is -0.130. The number of nitrogens with two attached hydrogens (primary N) is 1. The summed E-state index contributed by atoms with van der Waals surface area (Å²) in [4.78, 5) is 0. The van der Waals surface area contributed by atoms with Gasteiger partial charge in [-0.05, 0) is 30.7 Å². The van der Waals surface area contributed by atoms with Crippen molar-refractivity contribution in [2.24, 2.45) is 0 Å². The first kappa shape index (κ1) is 15.0. The van der Waals surface area contributed by atoms with Crippen LogP contribution in [0.25, 0.3) is 0 Å². The minimum absolute atomic E-state index is 0.226. The fourth-order valence-electron chi connectivity index (χ4n) is 2.83. The molecule has 3 rings (SSSR count). The second kappa shape index (κ2) is 5.68. The molecule has 1 heterocycles. The van der Waals surface area contributed by atoms with Crippen molar-refractivity contribution in [1.29, 1.82) is 0 Å². The van der Waals surface area contributed by atoms with E-state index in [1.165, 1.54) is 12.1 Å². The number of aliphatic hydroxyl groups is 1. The summed E-state index contributed by atoms with van der Waals surface area (Å²) >= 11 is 0. The third kappa shape index (κ3) is 2.70. The summed E-state index contributed by atoms with van der Waals surface area (Å²) in [6, 6.07) is 13.9. The van der Waals surface area contributed by atoms with Crippen molar-refractivity contribution in [3.8, 4) is 0 Å². The number of anilines is 1. The van der Waals surface area contributed by atoms with Crippen LogP contribution in [0, 0.1) is 5.82 Å². The fourth-order valence-corrected chi connectivity index (χ4v) is 2.83. The van der Waals surface area contributed by atoms with Crippen LogP contribution in [0.15, 0.2) is 48.5 Å². The van der Waals surface area contributed by atoms with Crippen molar-refractivity contribution >= 4 is 5.69 Å². The van der Waals surface area contributed by atoms with Gasteiger partial charge in [0, 0.05) is 11.3 Å². The quantitative estimate of drug-likeness (QED) is 0.745. The van der Waals surface area contributed by atoms with Crippen LogP contribution in [0.3, 0.4) is 0 Å². The molecule has 0 saturated carbocycles. The molecule has 2 aromatic carbocycles. The second-order valence-electron chi connectivity index (χ2n) is 5.80. The molecule has 0 spiro atoms. The predicted molar refractivity (Wildman–Crippen MR) is 82.4 cm³/mol. The Morgan fingerprint density at radius 2 is 2.00 bits per heavy atom. The average molecular weight is 302 g/mol. The molecule has 0 amide bonds. The number of morpholine rings is 1. The summed E-state index contributed by atoms with van der Waals surface area (Å²) in [6.07, 6.45) is -1.43. The molecule has 0 aromatic heterocycles. The Bertz CT molecular complexity index is 665. The van der Waals surface area contributed by atoms with E-state index in [0.717, 1.165) is 5.56 Å². The van der Waals surface area contributed by atoms with E-state index < -0.39 is 17.9 Å². The van der Waals surface area contributed by atoms with Gasteiger partial charge in [0.1, 0.15) is 18.1 Å². The predicted octanol–water partition coefficient (Wildman–Crippen LogP) is 2.30. The van der Waals surface area contributed by atoms with Crippen LogP contribution in [0.1, 0.15) is 24.2 Å². The summed E-state index contributed by atoms with van der Waals surface area (Å²) in [6.45, 7) is 2.01. The molecule has 0 bridgehead atoms. The minimum Gasteiger partial charge on any atom is -0.399 e. The minimum atomic E-state index is -0.943. The zero-order valence-electron chi connectivity index (χ0n) is 12.3. The Morgan fingerprint density at radius 1 is 1.27 bits per heavy atom. The van der Waals surface area contributed by atoms with Gasteiger partial charge in [-0.15, -0.1) is 0 Å². The smallest absolute Gasteiger partial charge is 0.136 e. The van der Waals surface area contributed by atoms with Crippen LogP contribution in [0.5, 0.6) is 0 Å². The Kier molecular flexibility index (Phi) is 3.87. The summed E-state index contributed by atoms with van der Waals surface area (Å²) in [5.41, 5.74) is 6.64. The summed E-state index contributed by atoms with van der Waals surface area (Å²) in [5.74, 6) is -0.377. The lowest BCUT2D eigenvalue weighted by Crippen LogP contribution is -2.56. The average Bonchev–Trinajstić information content (AvgIpc) is 2.50. The topological polar surface area (TPSA) is 67.5 Å². The monoisotopic (exact) mass is 302 g/mol. The van der Waals surface area contributed by atoms with E-state index in [4.69, 9.17) is 10.5 Å². The largest absolute Gasteiger partial charge is 0.399 e. The van der Waals surface area contributed by atoms with Crippen molar-refractivity contribution in [2.75, 3.05) is 12.3 Å². The van der Waals surface area contributed by atoms with Gasteiger partial charge in [-0.25, -0.2) is 4.39 Å². The van der Waals surface area contributed by atoms with Crippen LogP contribution < -0.4 is 11.1 Å². The van der Waals surface area contributed by atoms with Gasteiger partial charge in [0.2, 0.25) is 0 Å². The molecule has 22 heavy (non-hydrogen) atoms. The zero-order chi connectivity index (χ0) is 15.7. The fraction of sp³-hybridized carbons (Fsp3) is 0.294. The van der Waals surface area contributed by atoms with E-state index >= 15 is 0 Å². The molecular formula is C17H19FN2O2. The van der Waals surface area contributed by atoms with Crippen LogP contribution in [-0.2, 0) is 10.3 Å². The van der Waals surface area contributed by atoms with Crippen LogP contribution in [0.4, 0.5) is 10.1 Å². The first-order valence-corrected chi connectivity index (χ1v) is 7.17. The first-order valence-electron chi connectivity index (χ1n) is 7.17. The molecule has 5 heteroatoms. The molecule has 0 aliphatic carbocycles. The third-order valence-electron chi connectivity index (χ3n) is 4.02. The van der Waals surface area contributed by atoms with Gasteiger partial charge in [-0.3, -0.25) is 5.32 Å². The van der Waals surface area contributed by atoms with Crippen LogP contribution in [-0.4, -0.2) is 17.9 Å². The Morgan fingerprint density at radius 3 is 2.68 bits per heavy atom. The summed E-state index contributed by atoms with van der Waals surface area (Å²) in [5, 5.41) is 13.5. The molecule has 1 aliphatic heterocycles. The maximum absolute atomic E-state index is 14.1. The van der Waals surface area contributed by atoms with Gasteiger partial charge in [0.25, 0.3) is 0 Å². The molecule has 3 unspecified atom stereocenters. The van der Waals surface area contributed by atoms with Crippen LogP contribution >= 0.6 is 0 Å². The standard InChI is InChI=1S/C17H19FN2O2/c1-17(13-9-12(19)7-8-14(13)18)10-22-15(16(21)20-17)11-5-3-2-4-6-11/h2-9,15-16,20-21H,10,19H2,1H3. The lowest BCUT2D eigenvalue weighted by Gasteiger charge is -2.42.